The molecule has 0 aromatic carbocycles. The van der Waals surface area contributed by atoms with E-state index in [-0.39, 0.29) is 24.5 Å². The monoisotopic (exact) mass is 158 g/mol. The molecule has 3 nitrogen and oxygen atoms in total. The molecule has 0 unspecified atom stereocenters. The standard InChI is InChI=1S/3C2H6O.FH/c3*1-2-3;/h3*3H,2H2,1H3;1H. The quantitative estimate of drug-likeness (QED) is 0.470. The van der Waals surface area contributed by atoms with Crippen LogP contribution >= 0.6 is 0 Å². The molecule has 0 rings (SSSR count). The summed E-state index contributed by atoms with van der Waals surface area (Å²) in [4.78, 5) is 0. The van der Waals surface area contributed by atoms with Crippen molar-refractivity contribution in [3.63, 3.8) is 0 Å². The Balaban J connectivity index is -0.0000000257. The van der Waals surface area contributed by atoms with Gasteiger partial charge in [0.2, 0.25) is 0 Å². The molecule has 0 aliphatic carbocycles. The Hall–Kier alpha value is -0.190. The molecule has 0 saturated heterocycles. The van der Waals surface area contributed by atoms with E-state index in [1.807, 2.05) is 0 Å². The fourth-order valence-electron chi connectivity index (χ4n) is 0. The molecule has 0 atom stereocenters. The van der Waals surface area contributed by atoms with Gasteiger partial charge < -0.3 is 15.3 Å². The van der Waals surface area contributed by atoms with E-state index in [1.165, 1.54) is 0 Å². The minimum absolute atomic E-state index is 0. The van der Waals surface area contributed by atoms with Gasteiger partial charge in [-0.05, 0) is 20.8 Å². The van der Waals surface area contributed by atoms with Gasteiger partial charge in [0.15, 0.2) is 0 Å². The van der Waals surface area contributed by atoms with Crippen molar-refractivity contribution in [2.24, 2.45) is 0 Å². The van der Waals surface area contributed by atoms with Gasteiger partial charge in [0, 0.05) is 19.8 Å². The molecule has 0 radical (unpaired) electrons. The van der Waals surface area contributed by atoms with Gasteiger partial charge in [-0.3, -0.25) is 4.70 Å². The second-order valence-corrected chi connectivity index (χ2v) is 0.949. The predicted molar refractivity (Wildman–Crippen MR) is 40.8 cm³/mol. The van der Waals surface area contributed by atoms with E-state index in [4.69, 9.17) is 15.3 Å². The van der Waals surface area contributed by atoms with Crippen LogP contribution in [0.5, 0.6) is 0 Å². The van der Waals surface area contributed by atoms with Gasteiger partial charge in [0.1, 0.15) is 0 Å². The lowest BCUT2D eigenvalue weighted by atomic mass is 10.9. The molecule has 4 heteroatoms. The van der Waals surface area contributed by atoms with Crippen LogP contribution in [0.3, 0.4) is 0 Å². The van der Waals surface area contributed by atoms with Crippen LogP contribution < -0.4 is 0 Å². The van der Waals surface area contributed by atoms with Crippen molar-refractivity contribution < 1.29 is 20.0 Å². The van der Waals surface area contributed by atoms with Gasteiger partial charge >= 0.3 is 0 Å². The number of hydrogen-bond donors (Lipinski definition) is 3. The summed E-state index contributed by atoms with van der Waals surface area (Å²) in [5, 5.41) is 22.7. The maximum Gasteiger partial charge on any atom is 0.0402 e. The van der Waals surface area contributed by atoms with E-state index in [2.05, 4.69) is 0 Å². The van der Waals surface area contributed by atoms with Crippen LogP contribution in [0.1, 0.15) is 20.8 Å². The van der Waals surface area contributed by atoms with Gasteiger partial charge in [0.25, 0.3) is 0 Å². The Labute approximate surface area is 61.7 Å². The van der Waals surface area contributed by atoms with Crippen molar-refractivity contribution in [2.45, 2.75) is 20.8 Å². The van der Waals surface area contributed by atoms with Gasteiger partial charge in [-0.1, -0.05) is 0 Å². The highest BCUT2D eigenvalue weighted by atomic mass is 19.0. The first-order chi connectivity index (χ1) is 4.24. The normalized spacial score (nSPS) is 5.40. The molecule has 3 N–H and O–H groups in total. The van der Waals surface area contributed by atoms with Gasteiger partial charge in [-0.2, -0.15) is 0 Å². The Morgan fingerprint density at radius 3 is 0.700 bits per heavy atom. The maximum absolute atomic E-state index is 7.57. The van der Waals surface area contributed by atoms with Crippen molar-refractivity contribution >= 4 is 0 Å². The lowest BCUT2D eigenvalue weighted by Gasteiger charge is -1.52. The van der Waals surface area contributed by atoms with E-state index in [1.54, 1.807) is 20.8 Å². The average Bonchev–Trinajstić information content (AvgIpc) is 1.70. The largest absolute Gasteiger partial charge is 0.397 e. The third kappa shape index (κ3) is 10000. The second-order valence-electron chi connectivity index (χ2n) is 0.949. The highest BCUT2D eigenvalue weighted by molar-refractivity contribution is 3.84. The summed E-state index contributed by atoms with van der Waals surface area (Å²) in [6.07, 6.45) is 0. The molecular formula is C6H19FO3. The van der Waals surface area contributed by atoms with Crippen molar-refractivity contribution in [1.82, 2.24) is 0 Å². The molecule has 0 aromatic heterocycles. The van der Waals surface area contributed by atoms with Crippen LogP contribution in [0.25, 0.3) is 0 Å². The molecule has 0 saturated carbocycles. The SMILES string of the molecule is CCO.CCO.CCO.F. The summed E-state index contributed by atoms with van der Waals surface area (Å²) >= 11 is 0. The zero-order valence-electron chi connectivity index (χ0n) is 6.87. The van der Waals surface area contributed by atoms with Crippen LogP contribution in [-0.4, -0.2) is 35.1 Å². The molecule has 0 aliphatic rings. The predicted octanol–water partition coefficient (Wildman–Crippen LogP) is 0.148. The minimum Gasteiger partial charge on any atom is -0.397 e. The van der Waals surface area contributed by atoms with Crippen LogP contribution in [0, 0.1) is 0 Å². The summed E-state index contributed by atoms with van der Waals surface area (Å²) in [5.41, 5.74) is 0. The van der Waals surface area contributed by atoms with Crippen molar-refractivity contribution in [1.29, 1.82) is 0 Å². The zero-order chi connectivity index (χ0) is 8.12. The number of halogens is 1. The Bertz CT molecular complexity index is 17.7. The van der Waals surface area contributed by atoms with Crippen LogP contribution in [0.4, 0.5) is 4.70 Å². The fourth-order valence-corrected chi connectivity index (χ4v) is 0. The summed E-state index contributed by atoms with van der Waals surface area (Å²) in [7, 11) is 0. The highest BCUT2D eigenvalue weighted by Crippen LogP contribution is 1.30. The minimum atomic E-state index is 0. The Morgan fingerprint density at radius 2 is 0.700 bits per heavy atom. The van der Waals surface area contributed by atoms with Gasteiger partial charge in [-0.15, -0.1) is 0 Å². The molecule has 0 amide bonds. The molecule has 68 valence electrons. The highest BCUT2D eigenvalue weighted by Gasteiger charge is 1.35. The first-order valence-corrected chi connectivity index (χ1v) is 3.07. The maximum atomic E-state index is 7.57. The first kappa shape index (κ1) is 22.6. The molecule has 0 aliphatic heterocycles. The lowest BCUT2D eigenvalue weighted by molar-refractivity contribution is 0.318. The smallest absolute Gasteiger partial charge is 0.0402 e. The van der Waals surface area contributed by atoms with Crippen LogP contribution in [0.15, 0.2) is 0 Å². The molecule has 0 fully saturated rings. The van der Waals surface area contributed by atoms with Crippen molar-refractivity contribution in [3.05, 3.63) is 0 Å². The molecule has 0 bridgehead atoms. The average molecular weight is 158 g/mol. The van der Waals surface area contributed by atoms with Crippen LogP contribution in [0.2, 0.25) is 0 Å². The topological polar surface area (TPSA) is 60.7 Å². The molecule has 0 spiro atoms. The molecule has 10 heavy (non-hydrogen) atoms. The van der Waals surface area contributed by atoms with E-state index in [9.17, 15) is 0 Å². The summed E-state index contributed by atoms with van der Waals surface area (Å²) in [6, 6.07) is 0. The van der Waals surface area contributed by atoms with E-state index in [0.29, 0.717) is 0 Å². The van der Waals surface area contributed by atoms with Crippen molar-refractivity contribution in [3.8, 4) is 0 Å². The first-order valence-electron chi connectivity index (χ1n) is 3.07. The summed E-state index contributed by atoms with van der Waals surface area (Å²) in [6.45, 7) is 5.79. The summed E-state index contributed by atoms with van der Waals surface area (Å²) in [5.74, 6) is 0. The third-order valence-electron chi connectivity index (χ3n) is 0. The van der Waals surface area contributed by atoms with Crippen LogP contribution in [-0.2, 0) is 0 Å². The molecule has 0 heterocycles. The molecular weight excluding hydrogens is 139 g/mol. The third-order valence-corrected chi connectivity index (χ3v) is 0. The van der Waals surface area contributed by atoms with Gasteiger partial charge in [0.05, 0.1) is 0 Å². The Kier molecular flexibility index (Phi) is 154. The van der Waals surface area contributed by atoms with Gasteiger partial charge in [-0.25, -0.2) is 0 Å². The number of aliphatic hydroxyl groups excluding tert-OH is 3. The number of aliphatic hydroxyl groups is 3. The fraction of sp³-hybridized carbons (Fsp3) is 1.00. The second kappa shape index (κ2) is 68.1. The zero-order valence-corrected chi connectivity index (χ0v) is 6.87. The van der Waals surface area contributed by atoms with E-state index < -0.39 is 0 Å². The lowest BCUT2D eigenvalue weighted by Crippen LogP contribution is -1.57. The van der Waals surface area contributed by atoms with E-state index >= 15 is 0 Å². The summed E-state index contributed by atoms with van der Waals surface area (Å²) < 4.78 is 0. The Morgan fingerprint density at radius 1 is 0.700 bits per heavy atom. The van der Waals surface area contributed by atoms with Crippen molar-refractivity contribution in [2.75, 3.05) is 19.8 Å². The van der Waals surface area contributed by atoms with E-state index in [0.717, 1.165) is 0 Å². The molecule has 0 aromatic rings. The number of hydrogen-bond acceptors (Lipinski definition) is 3. The number of rotatable bonds is 0.